The summed E-state index contributed by atoms with van der Waals surface area (Å²) in [6.07, 6.45) is 2.10. The lowest BCUT2D eigenvalue weighted by atomic mass is 9.86. The van der Waals surface area contributed by atoms with Gasteiger partial charge in [-0.2, -0.15) is 0 Å². The number of fused-ring (bicyclic) bond motifs is 4. The van der Waals surface area contributed by atoms with Gasteiger partial charge in [0.05, 0.1) is 12.6 Å². The van der Waals surface area contributed by atoms with E-state index in [1.54, 1.807) is 19.2 Å². The second kappa shape index (κ2) is 7.35. The van der Waals surface area contributed by atoms with Crippen LogP contribution < -0.4 is 14.8 Å². The van der Waals surface area contributed by atoms with Crippen LogP contribution in [0.25, 0.3) is 10.9 Å². The van der Waals surface area contributed by atoms with Gasteiger partial charge >= 0.3 is 0 Å². The molecule has 29 heavy (non-hydrogen) atoms. The highest BCUT2D eigenvalue weighted by atomic mass is 19.1. The van der Waals surface area contributed by atoms with Crippen molar-refractivity contribution in [3.05, 3.63) is 59.5 Å². The monoisotopic (exact) mass is 395 g/mol. The van der Waals surface area contributed by atoms with E-state index < -0.39 is 0 Å². The number of aromatic amines is 1. The van der Waals surface area contributed by atoms with Crippen LogP contribution in [0.4, 0.5) is 4.39 Å². The molecule has 1 fully saturated rings. The molecule has 152 valence electrons. The number of ether oxygens (including phenoxy) is 2. The molecule has 0 amide bonds. The second-order valence-electron chi connectivity index (χ2n) is 7.98. The van der Waals surface area contributed by atoms with Crippen molar-refractivity contribution in [2.75, 3.05) is 39.9 Å². The Balaban J connectivity index is 1.30. The van der Waals surface area contributed by atoms with Gasteiger partial charge in [-0.1, -0.05) is 0 Å². The zero-order valence-electron chi connectivity index (χ0n) is 16.6. The molecule has 0 bridgehead atoms. The number of aromatic nitrogens is 1. The predicted molar refractivity (Wildman–Crippen MR) is 111 cm³/mol. The van der Waals surface area contributed by atoms with Crippen molar-refractivity contribution in [2.24, 2.45) is 0 Å². The van der Waals surface area contributed by atoms with Crippen LogP contribution in [-0.2, 0) is 12.0 Å². The molecule has 0 radical (unpaired) electrons. The molecule has 6 heteroatoms. The first-order valence-corrected chi connectivity index (χ1v) is 10.2. The Bertz CT molecular complexity index is 1020. The van der Waals surface area contributed by atoms with E-state index in [2.05, 4.69) is 27.3 Å². The van der Waals surface area contributed by atoms with Crippen LogP contribution in [0.15, 0.2) is 42.5 Å². The van der Waals surface area contributed by atoms with Gasteiger partial charge in [0.2, 0.25) is 0 Å². The maximum absolute atomic E-state index is 13.0. The van der Waals surface area contributed by atoms with Crippen molar-refractivity contribution >= 4 is 10.9 Å². The Morgan fingerprint density at radius 3 is 2.79 bits per heavy atom. The van der Waals surface area contributed by atoms with Crippen LogP contribution in [-0.4, -0.2) is 49.8 Å². The summed E-state index contributed by atoms with van der Waals surface area (Å²) >= 11 is 0. The number of hydrogen-bond acceptors (Lipinski definition) is 4. The van der Waals surface area contributed by atoms with E-state index in [1.807, 2.05) is 6.07 Å². The molecular formula is C23H26FN3O2. The fourth-order valence-electron chi connectivity index (χ4n) is 4.79. The SMILES string of the molecule is COc1ccc2[nH]c3c(c2c1)CCN[C@]31CCN(CCOc2ccc(F)cc2)C1. The van der Waals surface area contributed by atoms with Crippen molar-refractivity contribution in [1.82, 2.24) is 15.2 Å². The molecule has 2 aliphatic heterocycles. The molecule has 1 atom stereocenters. The number of methoxy groups -OCH3 is 1. The average Bonchev–Trinajstić information content (AvgIpc) is 3.32. The van der Waals surface area contributed by atoms with E-state index in [1.165, 1.54) is 34.3 Å². The Kier molecular flexibility index (Phi) is 4.68. The zero-order chi connectivity index (χ0) is 19.8. The third-order valence-corrected chi connectivity index (χ3v) is 6.27. The predicted octanol–water partition coefficient (Wildman–Crippen LogP) is 3.44. The van der Waals surface area contributed by atoms with Crippen LogP contribution in [0, 0.1) is 5.82 Å². The minimum Gasteiger partial charge on any atom is -0.497 e. The van der Waals surface area contributed by atoms with Gasteiger partial charge in [0.25, 0.3) is 0 Å². The van der Waals surface area contributed by atoms with E-state index in [0.29, 0.717) is 12.4 Å². The Morgan fingerprint density at radius 2 is 1.97 bits per heavy atom. The van der Waals surface area contributed by atoms with E-state index in [0.717, 1.165) is 44.8 Å². The molecule has 3 heterocycles. The summed E-state index contributed by atoms with van der Waals surface area (Å²) in [6, 6.07) is 12.5. The molecule has 1 saturated heterocycles. The Morgan fingerprint density at radius 1 is 1.14 bits per heavy atom. The number of halogens is 1. The third kappa shape index (κ3) is 3.36. The zero-order valence-corrected chi connectivity index (χ0v) is 16.6. The summed E-state index contributed by atoms with van der Waals surface area (Å²) in [5.41, 5.74) is 3.89. The smallest absolute Gasteiger partial charge is 0.123 e. The van der Waals surface area contributed by atoms with Crippen molar-refractivity contribution in [3.8, 4) is 11.5 Å². The molecular weight excluding hydrogens is 369 g/mol. The van der Waals surface area contributed by atoms with Crippen LogP contribution in [0.5, 0.6) is 11.5 Å². The number of nitrogens with one attached hydrogen (secondary N) is 2. The van der Waals surface area contributed by atoms with E-state index in [9.17, 15) is 4.39 Å². The summed E-state index contributed by atoms with van der Waals surface area (Å²) in [5, 5.41) is 5.07. The van der Waals surface area contributed by atoms with Crippen LogP contribution in [0.1, 0.15) is 17.7 Å². The summed E-state index contributed by atoms with van der Waals surface area (Å²) < 4.78 is 24.2. The second-order valence-corrected chi connectivity index (χ2v) is 7.98. The lowest BCUT2D eigenvalue weighted by molar-refractivity contribution is 0.218. The molecule has 5 nitrogen and oxygen atoms in total. The van der Waals surface area contributed by atoms with Crippen molar-refractivity contribution in [1.29, 1.82) is 0 Å². The van der Waals surface area contributed by atoms with Gasteiger partial charge in [0, 0.05) is 42.8 Å². The number of H-pyrrole nitrogens is 1. The quantitative estimate of drug-likeness (QED) is 0.695. The van der Waals surface area contributed by atoms with Crippen LogP contribution >= 0.6 is 0 Å². The third-order valence-electron chi connectivity index (χ3n) is 6.27. The van der Waals surface area contributed by atoms with Gasteiger partial charge in [0.1, 0.15) is 23.9 Å². The minimum absolute atomic E-state index is 0.0320. The average molecular weight is 395 g/mol. The van der Waals surface area contributed by atoms with Crippen molar-refractivity contribution in [2.45, 2.75) is 18.4 Å². The largest absolute Gasteiger partial charge is 0.497 e. The van der Waals surface area contributed by atoms with Gasteiger partial charge in [0.15, 0.2) is 0 Å². The first kappa shape index (κ1) is 18.5. The number of benzene rings is 2. The number of rotatable bonds is 5. The fraction of sp³-hybridized carbons (Fsp3) is 0.391. The molecule has 0 saturated carbocycles. The van der Waals surface area contributed by atoms with Gasteiger partial charge in [-0.3, -0.25) is 4.90 Å². The normalized spacial score (nSPS) is 21.6. The van der Waals surface area contributed by atoms with E-state index in [-0.39, 0.29) is 11.4 Å². The van der Waals surface area contributed by atoms with Crippen LogP contribution in [0.2, 0.25) is 0 Å². The van der Waals surface area contributed by atoms with Gasteiger partial charge in [-0.25, -0.2) is 4.39 Å². The van der Waals surface area contributed by atoms with Gasteiger partial charge in [-0.15, -0.1) is 0 Å². The lowest BCUT2D eigenvalue weighted by Crippen LogP contribution is -2.49. The summed E-state index contributed by atoms with van der Waals surface area (Å²) in [7, 11) is 1.71. The van der Waals surface area contributed by atoms with Crippen molar-refractivity contribution in [3.63, 3.8) is 0 Å². The maximum atomic E-state index is 13.0. The number of hydrogen-bond donors (Lipinski definition) is 2. The minimum atomic E-state index is -0.242. The van der Waals surface area contributed by atoms with E-state index >= 15 is 0 Å². The number of nitrogens with zero attached hydrogens (tertiary/aromatic N) is 1. The Labute approximate surface area is 169 Å². The lowest BCUT2D eigenvalue weighted by Gasteiger charge is -2.35. The highest BCUT2D eigenvalue weighted by molar-refractivity contribution is 5.86. The summed E-state index contributed by atoms with van der Waals surface area (Å²) in [5.74, 6) is 1.37. The molecule has 1 spiro atoms. The molecule has 0 aliphatic carbocycles. The summed E-state index contributed by atoms with van der Waals surface area (Å²) in [4.78, 5) is 6.14. The van der Waals surface area contributed by atoms with Gasteiger partial charge < -0.3 is 19.8 Å². The summed E-state index contributed by atoms with van der Waals surface area (Å²) in [6.45, 7) is 4.41. The van der Waals surface area contributed by atoms with E-state index in [4.69, 9.17) is 9.47 Å². The van der Waals surface area contributed by atoms with Crippen LogP contribution in [0.3, 0.4) is 0 Å². The standard InChI is InChI=1S/C23H26FN3O2/c1-28-18-6-7-21-20(14-18)19-8-10-25-23(22(19)26-21)9-11-27(15-23)12-13-29-17-4-2-16(24)3-5-17/h2-7,14,25-26H,8-13,15H2,1H3/t23-/m0/s1. The molecule has 2 aliphatic rings. The maximum Gasteiger partial charge on any atom is 0.123 e. The molecule has 3 aromatic rings. The highest BCUT2D eigenvalue weighted by Gasteiger charge is 2.43. The molecule has 0 unspecified atom stereocenters. The molecule has 2 aromatic carbocycles. The van der Waals surface area contributed by atoms with Crippen molar-refractivity contribution < 1.29 is 13.9 Å². The topological polar surface area (TPSA) is 49.5 Å². The molecule has 1 aromatic heterocycles. The van der Waals surface area contributed by atoms with Gasteiger partial charge in [-0.05, 0) is 60.9 Å². The highest BCUT2D eigenvalue weighted by Crippen LogP contribution is 2.40. The number of likely N-dealkylation sites (tertiary alicyclic amines) is 1. The fourth-order valence-corrected chi connectivity index (χ4v) is 4.79. The molecule has 5 rings (SSSR count). The Hall–Kier alpha value is -2.57. The molecule has 2 N–H and O–H groups in total. The first-order valence-electron chi connectivity index (χ1n) is 10.2. The first-order chi connectivity index (χ1) is 14.2.